The molecule has 0 spiro atoms. The molecule has 1 saturated carbocycles. The number of aryl methyl sites for hydroxylation is 1. The van der Waals surface area contributed by atoms with Gasteiger partial charge in [0.1, 0.15) is 17.1 Å². The standard InChI is InChI=1S/C25H33N5O5S/c1-16-20(24(31)34-4)13-22(35-16)36(32,33)27-15-18-11-9-17(10-12-18)14-26-25-28-21-8-6-5-7-19(21)23(29-25)30(2)3/h5-8,13,17-18,27H,9-12,14-15H2,1-4H3,(H,26,28,29). The van der Waals surface area contributed by atoms with Crippen LogP contribution in [-0.4, -0.2) is 58.6 Å². The Bertz CT molecular complexity index is 1330. The smallest absolute Gasteiger partial charge is 0.341 e. The van der Waals surface area contributed by atoms with Crippen LogP contribution in [0.5, 0.6) is 0 Å². The molecule has 0 bridgehead atoms. The van der Waals surface area contributed by atoms with E-state index < -0.39 is 16.0 Å². The lowest BCUT2D eigenvalue weighted by Gasteiger charge is -2.28. The van der Waals surface area contributed by atoms with Crippen molar-refractivity contribution in [2.24, 2.45) is 11.8 Å². The number of methoxy groups -OCH3 is 1. The summed E-state index contributed by atoms with van der Waals surface area (Å²) >= 11 is 0. The Balaban J connectivity index is 1.28. The summed E-state index contributed by atoms with van der Waals surface area (Å²) in [6, 6.07) is 9.18. The number of nitrogens with one attached hydrogen (secondary N) is 2. The maximum absolute atomic E-state index is 12.7. The van der Waals surface area contributed by atoms with Crippen molar-refractivity contribution in [1.82, 2.24) is 14.7 Å². The molecular weight excluding hydrogens is 482 g/mol. The second kappa shape index (κ2) is 10.8. The van der Waals surface area contributed by atoms with Crippen LogP contribution < -0.4 is 14.9 Å². The molecule has 194 valence electrons. The average molecular weight is 516 g/mol. The van der Waals surface area contributed by atoms with Crippen molar-refractivity contribution >= 4 is 38.7 Å². The van der Waals surface area contributed by atoms with E-state index in [1.807, 2.05) is 43.3 Å². The zero-order valence-electron chi connectivity index (χ0n) is 21.1. The molecule has 11 heteroatoms. The number of benzene rings is 1. The van der Waals surface area contributed by atoms with Crippen molar-refractivity contribution in [3.05, 3.63) is 41.7 Å². The van der Waals surface area contributed by atoms with Gasteiger partial charge in [-0.15, -0.1) is 0 Å². The van der Waals surface area contributed by atoms with Crippen LogP contribution in [0.2, 0.25) is 0 Å². The molecule has 1 aromatic carbocycles. The number of aromatic nitrogens is 2. The molecule has 0 unspecified atom stereocenters. The number of rotatable bonds is 9. The van der Waals surface area contributed by atoms with Crippen LogP contribution in [0.1, 0.15) is 41.8 Å². The minimum absolute atomic E-state index is 0.110. The number of para-hydroxylation sites is 1. The molecule has 2 N–H and O–H groups in total. The molecule has 1 fully saturated rings. The molecule has 0 radical (unpaired) electrons. The highest BCUT2D eigenvalue weighted by Crippen LogP contribution is 2.30. The summed E-state index contributed by atoms with van der Waals surface area (Å²) in [5, 5.41) is 4.15. The van der Waals surface area contributed by atoms with Gasteiger partial charge < -0.3 is 19.4 Å². The topological polar surface area (TPSA) is 127 Å². The van der Waals surface area contributed by atoms with Crippen LogP contribution >= 0.6 is 0 Å². The number of furan rings is 1. The average Bonchev–Trinajstić information content (AvgIpc) is 3.28. The quantitative estimate of drug-likeness (QED) is 0.411. The zero-order chi connectivity index (χ0) is 25.9. The first kappa shape index (κ1) is 25.9. The number of hydrogen-bond donors (Lipinski definition) is 2. The molecule has 0 aliphatic heterocycles. The Labute approximate surface area is 211 Å². The van der Waals surface area contributed by atoms with Crippen LogP contribution in [0.15, 0.2) is 39.8 Å². The van der Waals surface area contributed by atoms with E-state index in [2.05, 4.69) is 19.8 Å². The molecule has 1 aliphatic rings. The second-order valence-electron chi connectivity index (χ2n) is 9.43. The largest absolute Gasteiger partial charge is 0.465 e. The maximum atomic E-state index is 12.7. The molecule has 0 saturated heterocycles. The van der Waals surface area contributed by atoms with Gasteiger partial charge in [-0.3, -0.25) is 0 Å². The van der Waals surface area contributed by atoms with Gasteiger partial charge >= 0.3 is 5.97 Å². The first-order chi connectivity index (χ1) is 17.2. The number of carbonyl (C=O) groups excluding carboxylic acids is 1. The van der Waals surface area contributed by atoms with Crippen LogP contribution in [0.4, 0.5) is 11.8 Å². The van der Waals surface area contributed by atoms with Crippen molar-refractivity contribution in [2.75, 3.05) is 44.5 Å². The SMILES string of the molecule is COC(=O)c1cc(S(=O)(=O)NCC2CCC(CNc3nc(N(C)C)c4ccccc4n3)CC2)oc1C. The third kappa shape index (κ3) is 5.79. The van der Waals surface area contributed by atoms with Gasteiger partial charge in [-0.2, -0.15) is 4.98 Å². The van der Waals surface area contributed by atoms with Gasteiger partial charge in [-0.25, -0.2) is 22.9 Å². The fourth-order valence-electron chi connectivity index (χ4n) is 4.55. The van der Waals surface area contributed by atoms with Crippen molar-refractivity contribution in [2.45, 2.75) is 37.7 Å². The summed E-state index contributed by atoms with van der Waals surface area (Å²) in [6.07, 6.45) is 3.81. The van der Waals surface area contributed by atoms with Crippen molar-refractivity contribution in [3.63, 3.8) is 0 Å². The fourth-order valence-corrected chi connectivity index (χ4v) is 5.66. The van der Waals surface area contributed by atoms with Crippen LogP contribution in [0.25, 0.3) is 10.9 Å². The molecule has 3 aromatic rings. The Kier molecular flexibility index (Phi) is 7.79. The second-order valence-corrected chi connectivity index (χ2v) is 11.1. The van der Waals surface area contributed by atoms with E-state index in [4.69, 9.17) is 9.40 Å². The summed E-state index contributed by atoms with van der Waals surface area (Å²) in [5.74, 6) is 1.78. The van der Waals surface area contributed by atoms with Gasteiger partial charge in [0.25, 0.3) is 10.0 Å². The van der Waals surface area contributed by atoms with Crippen LogP contribution in [0, 0.1) is 18.8 Å². The highest BCUT2D eigenvalue weighted by Gasteiger charge is 2.27. The van der Waals surface area contributed by atoms with E-state index in [0.717, 1.165) is 48.9 Å². The third-order valence-electron chi connectivity index (χ3n) is 6.65. The predicted molar refractivity (Wildman–Crippen MR) is 138 cm³/mol. The van der Waals surface area contributed by atoms with Gasteiger partial charge in [0, 0.05) is 38.6 Å². The van der Waals surface area contributed by atoms with Gasteiger partial charge in [-0.05, 0) is 56.6 Å². The molecule has 10 nitrogen and oxygen atoms in total. The van der Waals surface area contributed by atoms with Crippen LogP contribution in [0.3, 0.4) is 0 Å². The first-order valence-corrected chi connectivity index (χ1v) is 13.5. The van der Waals surface area contributed by atoms with E-state index in [-0.39, 0.29) is 22.3 Å². The molecule has 2 aromatic heterocycles. The van der Waals surface area contributed by atoms with E-state index in [1.165, 1.54) is 20.1 Å². The normalized spacial score (nSPS) is 18.2. The third-order valence-corrected chi connectivity index (χ3v) is 7.93. The lowest BCUT2D eigenvalue weighted by molar-refractivity contribution is 0.0598. The van der Waals surface area contributed by atoms with Gasteiger partial charge in [-0.1, -0.05) is 12.1 Å². The van der Waals surface area contributed by atoms with Crippen LogP contribution in [-0.2, 0) is 14.8 Å². The number of fused-ring (bicyclic) bond motifs is 1. The van der Waals surface area contributed by atoms with Crippen molar-refractivity contribution in [3.8, 4) is 0 Å². The number of esters is 1. The number of sulfonamides is 1. The minimum Gasteiger partial charge on any atom is -0.465 e. The Morgan fingerprint density at radius 1 is 1.11 bits per heavy atom. The highest BCUT2D eigenvalue weighted by molar-refractivity contribution is 7.89. The minimum atomic E-state index is -3.85. The number of anilines is 2. The molecule has 4 rings (SSSR count). The van der Waals surface area contributed by atoms with E-state index in [9.17, 15) is 13.2 Å². The van der Waals surface area contributed by atoms with Gasteiger partial charge in [0.2, 0.25) is 11.0 Å². The number of nitrogens with zero attached hydrogens (tertiary/aromatic N) is 3. The first-order valence-electron chi connectivity index (χ1n) is 12.0. The summed E-state index contributed by atoms with van der Waals surface area (Å²) in [6.45, 7) is 2.63. The summed E-state index contributed by atoms with van der Waals surface area (Å²) in [4.78, 5) is 23.1. The Morgan fingerprint density at radius 3 is 2.44 bits per heavy atom. The van der Waals surface area contributed by atoms with Crippen molar-refractivity contribution < 1.29 is 22.4 Å². The molecule has 1 aliphatic carbocycles. The monoisotopic (exact) mass is 515 g/mol. The fraction of sp³-hybridized carbons (Fsp3) is 0.480. The van der Waals surface area contributed by atoms with E-state index in [0.29, 0.717) is 18.4 Å². The number of ether oxygens (including phenoxy) is 1. The van der Waals surface area contributed by atoms with Gasteiger partial charge in [0.05, 0.1) is 12.6 Å². The molecule has 36 heavy (non-hydrogen) atoms. The molecule has 0 amide bonds. The zero-order valence-corrected chi connectivity index (χ0v) is 21.9. The van der Waals surface area contributed by atoms with E-state index >= 15 is 0 Å². The maximum Gasteiger partial charge on any atom is 0.341 e. The molecule has 2 heterocycles. The Hall–Kier alpha value is -3.18. The highest BCUT2D eigenvalue weighted by atomic mass is 32.2. The van der Waals surface area contributed by atoms with Crippen molar-refractivity contribution in [1.29, 1.82) is 0 Å². The summed E-state index contributed by atoms with van der Waals surface area (Å²) in [5.41, 5.74) is 1.01. The van der Waals surface area contributed by atoms with E-state index in [1.54, 1.807) is 0 Å². The Morgan fingerprint density at radius 2 is 1.78 bits per heavy atom. The number of hydrogen-bond acceptors (Lipinski definition) is 9. The van der Waals surface area contributed by atoms with Gasteiger partial charge in [0.15, 0.2) is 0 Å². The number of carbonyl (C=O) groups is 1. The summed E-state index contributed by atoms with van der Waals surface area (Å²) in [7, 11) is 1.33. The summed E-state index contributed by atoms with van der Waals surface area (Å²) < 4.78 is 37.9. The predicted octanol–water partition coefficient (Wildman–Crippen LogP) is 3.58. The molecule has 0 atom stereocenters. The molecular formula is C25H33N5O5S. The lowest BCUT2D eigenvalue weighted by Crippen LogP contribution is -2.32. The lowest BCUT2D eigenvalue weighted by atomic mass is 9.82.